The molecule has 0 amide bonds. The number of terminal acetylenes is 1. The molecule has 0 spiro atoms. The van der Waals surface area contributed by atoms with Crippen LogP contribution in [0.15, 0.2) is 30.3 Å². The SMILES string of the molecule is C#CC(=O)c1c(CC)nn(-c2ccccc2)c1Cl. The number of carbonyl (C=O) groups excluding carboxylic acids is 1. The van der Waals surface area contributed by atoms with Crippen LogP contribution in [0.5, 0.6) is 0 Å². The number of rotatable bonds is 3. The molecule has 1 aromatic carbocycles. The number of hydrogen-bond donors (Lipinski definition) is 0. The Hall–Kier alpha value is -2.05. The van der Waals surface area contributed by atoms with Gasteiger partial charge in [0.15, 0.2) is 0 Å². The largest absolute Gasteiger partial charge is 0.279 e. The lowest BCUT2D eigenvalue weighted by atomic mass is 10.1. The molecular weight excluding hydrogens is 248 g/mol. The molecule has 0 N–H and O–H groups in total. The van der Waals surface area contributed by atoms with Crippen molar-refractivity contribution in [2.45, 2.75) is 13.3 Å². The first-order valence-corrected chi connectivity index (χ1v) is 5.90. The predicted octanol–water partition coefficient (Wildman–Crippen LogP) is 2.90. The smallest absolute Gasteiger partial charge is 0.240 e. The van der Waals surface area contributed by atoms with Gasteiger partial charge in [-0.05, 0) is 24.5 Å². The number of carbonyl (C=O) groups is 1. The van der Waals surface area contributed by atoms with E-state index in [-0.39, 0.29) is 5.15 Å². The molecule has 18 heavy (non-hydrogen) atoms. The van der Waals surface area contributed by atoms with Crippen molar-refractivity contribution in [3.05, 3.63) is 46.7 Å². The number of aryl methyl sites for hydroxylation is 1. The highest BCUT2D eigenvalue weighted by Crippen LogP contribution is 2.24. The molecule has 0 bridgehead atoms. The van der Waals surface area contributed by atoms with Crippen LogP contribution in [0, 0.1) is 12.3 Å². The minimum atomic E-state index is -0.431. The summed E-state index contributed by atoms with van der Waals surface area (Å²) < 4.78 is 1.53. The molecule has 2 aromatic rings. The average molecular weight is 259 g/mol. The van der Waals surface area contributed by atoms with Gasteiger partial charge in [-0.15, -0.1) is 6.42 Å². The average Bonchev–Trinajstić information content (AvgIpc) is 2.76. The summed E-state index contributed by atoms with van der Waals surface area (Å²) in [6.07, 6.45) is 5.75. The van der Waals surface area contributed by atoms with E-state index < -0.39 is 5.78 Å². The molecule has 0 radical (unpaired) electrons. The summed E-state index contributed by atoms with van der Waals surface area (Å²) in [5.74, 6) is 1.65. The zero-order valence-corrected chi connectivity index (χ0v) is 10.6. The molecular formula is C14H11ClN2O. The highest BCUT2D eigenvalue weighted by Gasteiger charge is 2.20. The lowest BCUT2D eigenvalue weighted by molar-refractivity contribution is 0.105. The molecule has 1 aromatic heterocycles. The van der Waals surface area contributed by atoms with E-state index in [1.165, 1.54) is 4.68 Å². The Balaban J connectivity index is 2.63. The molecule has 0 fully saturated rings. The van der Waals surface area contributed by atoms with Gasteiger partial charge in [-0.25, -0.2) is 4.68 Å². The summed E-state index contributed by atoms with van der Waals surface area (Å²) in [5.41, 5.74) is 1.74. The van der Waals surface area contributed by atoms with E-state index in [0.29, 0.717) is 17.7 Å². The molecule has 1 heterocycles. The van der Waals surface area contributed by atoms with E-state index in [2.05, 4.69) is 11.0 Å². The second kappa shape index (κ2) is 5.07. The summed E-state index contributed by atoms with van der Waals surface area (Å²) in [6.45, 7) is 1.90. The van der Waals surface area contributed by atoms with Crippen molar-refractivity contribution in [1.82, 2.24) is 9.78 Å². The van der Waals surface area contributed by atoms with Gasteiger partial charge in [0.1, 0.15) is 5.15 Å². The van der Waals surface area contributed by atoms with Crippen LogP contribution in [0.4, 0.5) is 0 Å². The molecule has 4 heteroatoms. The predicted molar refractivity (Wildman–Crippen MR) is 71.1 cm³/mol. The van der Waals surface area contributed by atoms with Crippen molar-refractivity contribution >= 4 is 17.4 Å². The molecule has 0 saturated carbocycles. The van der Waals surface area contributed by atoms with Crippen molar-refractivity contribution in [3.63, 3.8) is 0 Å². The molecule has 0 aliphatic rings. The maximum Gasteiger partial charge on any atom is 0.240 e. The third kappa shape index (κ3) is 2.03. The normalized spacial score (nSPS) is 10.1. The third-order valence-corrected chi connectivity index (χ3v) is 2.94. The number of benzene rings is 1. The van der Waals surface area contributed by atoms with E-state index in [9.17, 15) is 4.79 Å². The van der Waals surface area contributed by atoms with Gasteiger partial charge in [0, 0.05) is 0 Å². The Kier molecular flexibility index (Phi) is 3.50. The quantitative estimate of drug-likeness (QED) is 0.482. The zero-order valence-electron chi connectivity index (χ0n) is 9.85. The summed E-state index contributed by atoms with van der Waals surface area (Å²) in [7, 11) is 0. The number of hydrogen-bond acceptors (Lipinski definition) is 2. The van der Waals surface area contributed by atoms with Crippen LogP contribution in [0.25, 0.3) is 5.69 Å². The number of aromatic nitrogens is 2. The molecule has 0 unspecified atom stereocenters. The molecule has 3 nitrogen and oxygen atoms in total. The molecule has 0 aliphatic carbocycles. The van der Waals surface area contributed by atoms with E-state index in [1.54, 1.807) is 0 Å². The van der Waals surface area contributed by atoms with E-state index in [0.717, 1.165) is 5.69 Å². The van der Waals surface area contributed by atoms with Crippen molar-refractivity contribution in [2.24, 2.45) is 0 Å². The van der Waals surface area contributed by atoms with Crippen molar-refractivity contribution in [3.8, 4) is 18.0 Å². The number of halogens is 1. The highest BCUT2D eigenvalue weighted by molar-refractivity contribution is 6.34. The first-order chi connectivity index (χ1) is 8.69. The fourth-order valence-corrected chi connectivity index (χ4v) is 2.05. The standard InChI is InChI=1S/C14H11ClN2O/c1-3-11-13(12(18)4-2)14(15)17(16-11)10-8-6-5-7-9-10/h2,5-9H,3H2,1H3. The van der Waals surface area contributed by atoms with E-state index in [1.807, 2.05) is 37.3 Å². The second-order valence-corrected chi connectivity index (χ2v) is 4.04. The molecule has 0 atom stereocenters. The van der Waals surface area contributed by atoms with Crippen LogP contribution in [-0.4, -0.2) is 15.6 Å². The lowest BCUT2D eigenvalue weighted by Crippen LogP contribution is -1.98. The molecule has 2 rings (SSSR count). The fourth-order valence-electron chi connectivity index (χ4n) is 1.72. The van der Waals surface area contributed by atoms with E-state index >= 15 is 0 Å². The summed E-state index contributed by atoms with van der Waals surface area (Å²) in [4.78, 5) is 11.7. The Morgan fingerprint density at radius 1 is 1.44 bits per heavy atom. The van der Waals surface area contributed by atoms with Gasteiger partial charge in [0.05, 0.1) is 16.9 Å². The minimum absolute atomic E-state index is 0.265. The van der Waals surface area contributed by atoms with E-state index in [4.69, 9.17) is 18.0 Å². The Bertz CT molecular complexity index is 623. The van der Waals surface area contributed by atoms with Crippen LogP contribution in [0.2, 0.25) is 5.15 Å². The number of ketones is 1. The third-order valence-electron chi connectivity index (χ3n) is 2.60. The van der Waals surface area contributed by atoms with Gasteiger partial charge in [0.25, 0.3) is 0 Å². The minimum Gasteiger partial charge on any atom is -0.279 e. The Labute approximate surface area is 110 Å². The fraction of sp³-hybridized carbons (Fsp3) is 0.143. The van der Waals surface area contributed by atoms with Crippen LogP contribution in [0.1, 0.15) is 23.0 Å². The lowest BCUT2D eigenvalue weighted by Gasteiger charge is -2.01. The molecule has 90 valence electrons. The number of nitrogens with zero attached hydrogens (tertiary/aromatic N) is 2. The second-order valence-electron chi connectivity index (χ2n) is 3.69. The van der Waals surface area contributed by atoms with Gasteiger partial charge in [-0.3, -0.25) is 4.79 Å². The number of para-hydroxylation sites is 1. The van der Waals surface area contributed by atoms with Crippen LogP contribution in [-0.2, 0) is 6.42 Å². The summed E-state index contributed by atoms with van der Waals surface area (Å²) >= 11 is 6.20. The monoisotopic (exact) mass is 258 g/mol. The highest BCUT2D eigenvalue weighted by atomic mass is 35.5. The molecule has 0 aliphatic heterocycles. The van der Waals surface area contributed by atoms with Gasteiger partial charge < -0.3 is 0 Å². The van der Waals surface area contributed by atoms with Crippen molar-refractivity contribution in [2.75, 3.05) is 0 Å². The maximum absolute atomic E-state index is 11.7. The Morgan fingerprint density at radius 2 is 2.11 bits per heavy atom. The van der Waals surface area contributed by atoms with Gasteiger partial charge in [0.2, 0.25) is 5.78 Å². The first kappa shape index (κ1) is 12.4. The zero-order chi connectivity index (χ0) is 13.1. The Morgan fingerprint density at radius 3 is 2.67 bits per heavy atom. The van der Waals surface area contributed by atoms with Crippen LogP contribution in [0.3, 0.4) is 0 Å². The van der Waals surface area contributed by atoms with Crippen LogP contribution < -0.4 is 0 Å². The van der Waals surface area contributed by atoms with Gasteiger partial charge in [-0.1, -0.05) is 36.7 Å². The summed E-state index contributed by atoms with van der Waals surface area (Å²) in [6, 6.07) is 9.38. The number of Topliss-reactive ketones (excluding diaryl/α,β-unsaturated/α-hetero) is 1. The molecule has 0 saturated heterocycles. The van der Waals surface area contributed by atoms with Gasteiger partial charge >= 0.3 is 0 Å². The summed E-state index contributed by atoms with van der Waals surface area (Å²) in [5, 5.41) is 4.60. The maximum atomic E-state index is 11.7. The van der Waals surface area contributed by atoms with Crippen LogP contribution >= 0.6 is 11.6 Å². The first-order valence-electron chi connectivity index (χ1n) is 5.52. The van der Waals surface area contributed by atoms with Crippen molar-refractivity contribution < 1.29 is 4.79 Å². The van der Waals surface area contributed by atoms with Gasteiger partial charge in [-0.2, -0.15) is 5.10 Å². The topological polar surface area (TPSA) is 34.9 Å². The van der Waals surface area contributed by atoms with Crippen molar-refractivity contribution in [1.29, 1.82) is 0 Å².